The minimum Gasteiger partial charge on any atom is -0.488 e. The Bertz CT molecular complexity index is 1050. The van der Waals surface area contributed by atoms with E-state index in [9.17, 15) is 18.4 Å². The van der Waals surface area contributed by atoms with Crippen molar-refractivity contribution in [1.29, 1.82) is 0 Å². The van der Waals surface area contributed by atoms with Crippen molar-refractivity contribution in [2.45, 2.75) is 71.6 Å². The highest BCUT2D eigenvalue weighted by Crippen LogP contribution is 2.30. The van der Waals surface area contributed by atoms with E-state index in [2.05, 4.69) is 0 Å². The number of esters is 1. The Balaban J connectivity index is 1.22. The highest BCUT2D eigenvalue weighted by molar-refractivity contribution is 5.74. The number of rotatable bonds is 18. The molecule has 0 aliphatic carbocycles. The van der Waals surface area contributed by atoms with Gasteiger partial charge in [-0.2, -0.15) is 0 Å². The lowest BCUT2D eigenvalue weighted by Gasteiger charge is -2.21. The van der Waals surface area contributed by atoms with Gasteiger partial charge in [0.15, 0.2) is 17.4 Å². The van der Waals surface area contributed by atoms with Gasteiger partial charge >= 0.3 is 12.1 Å². The summed E-state index contributed by atoms with van der Waals surface area (Å²) in [4.78, 5) is 22.6. The lowest BCUT2D eigenvalue weighted by atomic mass is 10.0. The molecule has 0 spiro atoms. The van der Waals surface area contributed by atoms with E-state index < -0.39 is 17.8 Å². The van der Waals surface area contributed by atoms with Crippen LogP contribution in [0.2, 0.25) is 0 Å². The number of carbonyl (C=O) groups is 2. The summed E-state index contributed by atoms with van der Waals surface area (Å²) in [5.74, 6) is -1.92. The zero-order valence-electron chi connectivity index (χ0n) is 24.1. The van der Waals surface area contributed by atoms with Crippen LogP contribution in [0, 0.1) is 23.5 Å². The minimum absolute atomic E-state index is 0.122. The van der Waals surface area contributed by atoms with E-state index in [1.165, 1.54) is 31.4 Å². The number of cyclic esters (lactones) is 2. The highest BCUT2D eigenvalue weighted by Gasteiger charge is 2.21. The van der Waals surface area contributed by atoms with Crippen molar-refractivity contribution in [3.8, 4) is 22.6 Å². The van der Waals surface area contributed by atoms with Crippen LogP contribution in [-0.4, -0.2) is 45.2 Å². The smallest absolute Gasteiger partial charge is 0.488 e. The molecule has 0 N–H and O–H groups in total. The molecule has 1 saturated heterocycles. The van der Waals surface area contributed by atoms with Gasteiger partial charge in [-0.05, 0) is 48.2 Å². The Hall–Kier alpha value is -3.20. The molecule has 1 heterocycles. The Kier molecular flexibility index (Phi) is 13.9. The van der Waals surface area contributed by atoms with Crippen LogP contribution in [0.15, 0.2) is 36.4 Å². The van der Waals surface area contributed by atoms with Gasteiger partial charge in [0.2, 0.25) is 0 Å². The third kappa shape index (κ3) is 11.7. The van der Waals surface area contributed by atoms with Crippen molar-refractivity contribution >= 4 is 12.1 Å². The summed E-state index contributed by atoms with van der Waals surface area (Å²) in [5, 5.41) is 0. The second-order valence-electron chi connectivity index (χ2n) is 10.7. The minimum atomic E-state index is -0.741. The van der Waals surface area contributed by atoms with Gasteiger partial charge in [-0.3, -0.25) is 4.79 Å². The molecule has 41 heavy (non-hydrogen) atoms. The Labute approximate surface area is 241 Å². The summed E-state index contributed by atoms with van der Waals surface area (Å²) in [7, 11) is 0. The lowest BCUT2D eigenvalue weighted by molar-refractivity contribution is -0.137. The standard InChI is InChI=1S/C32H42F2O7/c1-23(2)31(35)41-27-14-12-25(13-15-27)26-18-28(33)30(29(34)19-26)38-17-11-9-7-5-3-4-6-8-10-16-37-20-24-21-39-32(36)40-22-24/h12-15,18-19,23-24H,3-11,16-17,20-22H2,1-2H3. The summed E-state index contributed by atoms with van der Waals surface area (Å²) in [6.07, 6.45) is 8.92. The zero-order chi connectivity index (χ0) is 29.5. The molecular weight excluding hydrogens is 534 g/mol. The third-order valence-electron chi connectivity index (χ3n) is 6.78. The molecule has 1 fully saturated rings. The van der Waals surface area contributed by atoms with Gasteiger partial charge in [-0.1, -0.05) is 70.9 Å². The third-order valence-corrected chi connectivity index (χ3v) is 6.78. The first-order valence-corrected chi connectivity index (χ1v) is 14.6. The first-order chi connectivity index (χ1) is 19.8. The van der Waals surface area contributed by atoms with Gasteiger partial charge in [0.1, 0.15) is 19.0 Å². The lowest BCUT2D eigenvalue weighted by Crippen LogP contribution is -2.30. The van der Waals surface area contributed by atoms with Gasteiger partial charge in [0.05, 0.1) is 25.0 Å². The largest absolute Gasteiger partial charge is 0.508 e. The molecule has 3 rings (SSSR count). The van der Waals surface area contributed by atoms with Crippen molar-refractivity contribution in [2.24, 2.45) is 11.8 Å². The summed E-state index contributed by atoms with van der Waals surface area (Å²) in [5.41, 5.74) is 0.984. The maximum atomic E-state index is 14.6. The number of benzene rings is 2. The first-order valence-electron chi connectivity index (χ1n) is 14.6. The van der Waals surface area contributed by atoms with Gasteiger partial charge in [-0.25, -0.2) is 13.6 Å². The molecule has 0 atom stereocenters. The van der Waals surface area contributed by atoms with Crippen LogP contribution in [0.5, 0.6) is 11.5 Å². The van der Waals surface area contributed by atoms with Crippen LogP contribution >= 0.6 is 0 Å². The Morgan fingerprint density at radius 1 is 0.829 bits per heavy atom. The molecule has 7 nitrogen and oxygen atoms in total. The van der Waals surface area contributed by atoms with E-state index in [1.807, 2.05) is 0 Å². The SMILES string of the molecule is CC(C)C(=O)Oc1ccc(-c2cc(F)c(OCCCCCCCCCCCOCC3COC(=O)OC3)c(F)c2)cc1. The van der Waals surface area contributed by atoms with Gasteiger partial charge < -0.3 is 23.7 Å². The van der Waals surface area contributed by atoms with Crippen molar-refractivity contribution < 1.29 is 42.1 Å². The van der Waals surface area contributed by atoms with Gasteiger partial charge in [0.25, 0.3) is 0 Å². The van der Waals surface area contributed by atoms with Crippen LogP contribution in [-0.2, 0) is 19.0 Å². The number of hydrogen-bond acceptors (Lipinski definition) is 7. The molecule has 9 heteroatoms. The van der Waals surface area contributed by atoms with E-state index >= 15 is 0 Å². The second-order valence-corrected chi connectivity index (χ2v) is 10.7. The fourth-order valence-electron chi connectivity index (χ4n) is 4.34. The summed E-state index contributed by atoms with van der Waals surface area (Å²) >= 11 is 0. The zero-order valence-corrected chi connectivity index (χ0v) is 24.1. The maximum absolute atomic E-state index is 14.6. The molecule has 2 aromatic rings. The molecule has 1 aliphatic heterocycles. The molecule has 0 aromatic heterocycles. The van der Waals surface area contributed by atoms with Gasteiger partial charge in [-0.15, -0.1) is 0 Å². The number of carbonyl (C=O) groups excluding carboxylic acids is 2. The Morgan fingerprint density at radius 3 is 1.93 bits per heavy atom. The Morgan fingerprint density at radius 2 is 1.37 bits per heavy atom. The van der Waals surface area contributed by atoms with E-state index in [1.54, 1.807) is 38.1 Å². The predicted molar refractivity (Wildman–Crippen MR) is 151 cm³/mol. The average Bonchev–Trinajstić information content (AvgIpc) is 2.95. The summed E-state index contributed by atoms with van der Waals surface area (Å²) < 4.78 is 55.2. The normalized spacial score (nSPS) is 13.6. The number of unbranched alkanes of at least 4 members (excludes halogenated alkanes) is 8. The van der Waals surface area contributed by atoms with Crippen molar-refractivity contribution in [2.75, 3.05) is 33.0 Å². The van der Waals surface area contributed by atoms with Crippen molar-refractivity contribution in [1.82, 2.24) is 0 Å². The molecule has 0 bridgehead atoms. The van der Waals surface area contributed by atoms with E-state index in [-0.39, 0.29) is 30.2 Å². The maximum Gasteiger partial charge on any atom is 0.508 e. The van der Waals surface area contributed by atoms with E-state index in [0.717, 1.165) is 38.5 Å². The molecule has 0 unspecified atom stereocenters. The highest BCUT2D eigenvalue weighted by atomic mass is 19.1. The van der Waals surface area contributed by atoms with E-state index in [0.29, 0.717) is 43.3 Å². The summed E-state index contributed by atoms with van der Waals surface area (Å²) in [6, 6.07) is 9.02. The van der Waals surface area contributed by atoms with Crippen LogP contribution in [0.3, 0.4) is 0 Å². The fourth-order valence-corrected chi connectivity index (χ4v) is 4.34. The molecule has 2 aromatic carbocycles. The molecule has 0 saturated carbocycles. The quantitative estimate of drug-likeness (QED) is 0.101. The summed E-state index contributed by atoms with van der Waals surface area (Å²) in [6.45, 7) is 5.74. The van der Waals surface area contributed by atoms with Crippen molar-refractivity contribution in [3.05, 3.63) is 48.0 Å². The van der Waals surface area contributed by atoms with Crippen LogP contribution in [0.4, 0.5) is 13.6 Å². The van der Waals surface area contributed by atoms with Crippen LogP contribution < -0.4 is 9.47 Å². The number of hydrogen-bond donors (Lipinski definition) is 0. The topological polar surface area (TPSA) is 80.3 Å². The van der Waals surface area contributed by atoms with Crippen molar-refractivity contribution in [3.63, 3.8) is 0 Å². The fraction of sp³-hybridized carbons (Fsp3) is 0.562. The van der Waals surface area contributed by atoms with Crippen LogP contribution in [0.1, 0.15) is 71.6 Å². The van der Waals surface area contributed by atoms with Gasteiger partial charge in [0, 0.05) is 6.61 Å². The number of ether oxygens (including phenoxy) is 5. The van der Waals surface area contributed by atoms with Crippen LogP contribution in [0.25, 0.3) is 11.1 Å². The predicted octanol–water partition coefficient (Wildman–Crippen LogP) is 7.88. The second kappa shape index (κ2) is 17.6. The number of halogens is 2. The molecule has 226 valence electrons. The molecule has 0 amide bonds. The molecular formula is C32H42F2O7. The first kappa shape index (κ1) is 32.3. The molecule has 1 aliphatic rings. The monoisotopic (exact) mass is 576 g/mol. The van der Waals surface area contributed by atoms with E-state index in [4.69, 9.17) is 23.7 Å². The molecule has 0 radical (unpaired) electrons. The average molecular weight is 577 g/mol.